The highest BCUT2D eigenvalue weighted by atomic mass is 14.9. The minimum atomic E-state index is -0.623. The molecule has 0 atom stereocenters. The van der Waals surface area contributed by atoms with Gasteiger partial charge in [-0.15, -0.1) is 0 Å². The number of nitriles is 1. The summed E-state index contributed by atoms with van der Waals surface area (Å²) in [7, 11) is 0. The second kappa shape index (κ2) is 11.9. The van der Waals surface area contributed by atoms with Crippen LogP contribution < -0.4 is 0 Å². The Balaban J connectivity index is 1.17. The minimum absolute atomic E-state index is 0.106. The van der Waals surface area contributed by atoms with Gasteiger partial charge in [-0.25, -0.2) is 4.85 Å². The Kier molecular flexibility index (Phi) is 6.56. The van der Waals surface area contributed by atoms with E-state index in [0.29, 0.717) is 0 Å². The summed E-state index contributed by atoms with van der Waals surface area (Å²) in [5.41, 5.74) is 23.4. The van der Waals surface area contributed by atoms with Crippen LogP contribution in [-0.2, 0) is 41.9 Å². The van der Waals surface area contributed by atoms with Crippen molar-refractivity contribution in [2.24, 2.45) is 0 Å². The van der Waals surface area contributed by atoms with E-state index in [2.05, 4.69) is 131 Å². The van der Waals surface area contributed by atoms with E-state index in [4.69, 9.17) is 6.57 Å². The van der Waals surface area contributed by atoms with E-state index < -0.39 is 5.41 Å². The second-order valence-corrected chi connectivity index (χ2v) is 20.3. The van der Waals surface area contributed by atoms with Crippen molar-refractivity contribution >= 4 is 43.8 Å². The summed E-state index contributed by atoms with van der Waals surface area (Å²) in [6.07, 6.45) is 15.0. The number of rotatable bonds is 0. The van der Waals surface area contributed by atoms with Crippen LogP contribution in [0, 0.1) is 17.9 Å². The molecule has 63 heavy (non-hydrogen) atoms. The summed E-state index contributed by atoms with van der Waals surface area (Å²) in [6.45, 7) is 8.92. The highest BCUT2D eigenvalue weighted by Crippen LogP contribution is 2.68. The fourth-order valence-corrected chi connectivity index (χ4v) is 15.7. The van der Waals surface area contributed by atoms with E-state index in [-0.39, 0.29) is 10.8 Å². The number of nitrogens with zero attached hydrogens (tertiary/aromatic N) is 3. The molecule has 2 heterocycles. The van der Waals surface area contributed by atoms with Crippen LogP contribution in [-0.4, -0.2) is 4.40 Å². The van der Waals surface area contributed by atoms with Crippen LogP contribution >= 0.6 is 0 Å². The highest BCUT2D eigenvalue weighted by molar-refractivity contribution is 6.30. The van der Waals surface area contributed by atoms with Gasteiger partial charge in [0.05, 0.1) is 34.7 Å². The Hall–Kier alpha value is -6.68. The van der Waals surface area contributed by atoms with E-state index in [9.17, 15) is 5.26 Å². The Labute approximate surface area is 367 Å². The van der Waals surface area contributed by atoms with Gasteiger partial charge >= 0.3 is 0 Å². The molecule has 2 aromatic heterocycles. The van der Waals surface area contributed by atoms with Gasteiger partial charge in [0, 0.05) is 27.1 Å². The predicted molar refractivity (Wildman–Crippen MR) is 255 cm³/mol. The van der Waals surface area contributed by atoms with Gasteiger partial charge in [-0.2, -0.15) is 5.26 Å². The third-order valence-electron chi connectivity index (χ3n) is 17.6. The number of hydrogen-bond donors (Lipinski definition) is 0. The first kappa shape index (κ1) is 34.9. The van der Waals surface area contributed by atoms with Gasteiger partial charge < -0.3 is 4.40 Å². The van der Waals surface area contributed by atoms with E-state index in [1.165, 1.54) is 157 Å². The van der Waals surface area contributed by atoms with Crippen LogP contribution in [0.25, 0.3) is 65.2 Å². The molecule has 0 amide bonds. The van der Waals surface area contributed by atoms with Crippen LogP contribution in [0.2, 0.25) is 0 Å². The SMILES string of the molecule is [C-]#[N+]c1cc2c(c3c1C1(CCCC1)CC31CCCC1)c1c3cc(c4c5c6c(c(C#N)cc5n2c41)C1(c2ccccc2-c2ccccc21)c1ccccc1-6)CCc1cccc(c1)CC3. The maximum Gasteiger partial charge on any atom is 0.193 e. The monoisotopic (exact) mass is 807 g/mol. The number of aryl methyl sites for hydroxylation is 4. The highest BCUT2D eigenvalue weighted by Gasteiger charge is 2.57. The molecule has 7 aromatic carbocycles. The average molecular weight is 808 g/mol. The lowest BCUT2D eigenvalue weighted by molar-refractivity contribution is 0.325. The lowest BCUT2D eigenvalue weighted by Crippen LogP contribution is -2.27. The van der Waals surface area contributed by atoms with Gasteiger partial charge in [0.1, 0.15) is 0 Å². The molecule has 2 fully saturated rings. The first-order chi connectivity index (χ1) is 31.1. The molecule has 6 aliphatic carbocycles. The zero-order valence-electron chi connectivity index (χ0n) is 35.5. The number of fused-ring (bicyclic) bond motifs is 27. The molecule has 6 aliphatic rings. The summed E-state index contributed by atoms with van der Waals surface area (Å²) in [4.78, 5) is 4.52. The van der Waals surface area contributed by atoms with Crippen LogP contribution in [0.1, 0.15) is 119 Å². The lowest BCUT2D eigenvalue weighted by atomic mass is 9.69. The molecule has 0 radical (unpaired) electrons. The summed E-state index contributed by atoms with van der Waals surface area (Å²) >= 11 is 0. The summed E-state index contributed by atoms with van der Waals surface area (Å²) in [6, 6.07) is 46.5. The molecule has 9 aromatic rings. The van der Waals surface area contributed by atoms with Crippen molar-refractivity contribution in [1.29, 1.82) is 5.26 Å². The largest absolute Gasteiger partial charge is 0.309 e. The van der Waals surface area contributed by atoms with Gasteiger partial charge in [-0.05, 0) is 159 Å². The Morgan fingerprint density at radius 2 is 1.10 bits per heavy atom. The molecule has 300 valence electrons. The molecule has 3 nitrogen and oxygen atoms in total. The number of aromatic nitrogens is 1. The summed E-state index contributed by atoms with van der Waals surface area (Å²) in [5.74, 6) is 0. The third kappa shape index (κ3) is 4.00. The van der Waals surface area contributed by atoms with Crippen molar-refractivity contribution < 1.29 is 0 Å². The van der Waals surface area contributed by atoms with Crippen molar-refractivity contribution in [1.82, 2.24) is 4.40 Å². The average Bonchev–Trinajstić information content (AvgIpc) is 4.21. The van der Waals surface area contributed by atoms with Crippen molar-refractivity contribution in [3.63, 3.8) is 0 Å². The topological polar surface area (TPSA) is 32.6 Å². The van der Waals surface area contributed by atoms with Gasteiger partial charge in [0.15, 0.2) is 5.69 Å². The quantitative estimate of drug-likeness (QED) is 0.140. The normalized spacial score (nSPS) is 19.0. The maximum atomic E-state index is 11.7. The van der Waals surface area contributed by atoms with Crippen molar-refractivity contribution in [3.8, 4) is 28.3 Å². The first-order valence-electron chi connectivity index (χ1n) is 23.7. The van der Waals surface area contributed by atoms with Crippen molar-refractivity contribution in [2.75, 3.05) is 0 Å². The lowest BCUT2D eigenvalue weighted by Gasteiger charge is -2.31. The fourth-order valence-electron chi connectivity index (χ4n) is 15.7. The van der Waals surface area contributed by atoms with Crippen LogP contribution in [0.4, 0.5) is 5.69 Å². The maximum absolute atomic E-state index is 11.7. The van der Waals surface area contributed by atoms with E-state index in [1.54, 1.807) is 5.56 Å². The Morgan fingerprint density at radius 3 is 1.71 bits per heavy atom. The van der Waals surface area contributed by atoms with Gasteiger partial charge in [0.25, 0.3) is 0 Å². The standard InChI is InChI=1S/C60H45N3/c1-62-46-32-48-53(56-55(46)58(25-8-9-26-58)34-59(56)27-10-11-28-59)50-38-24-22-36-14-12-13-35(29-36)21-23-37(30-38)49-52-47(63(48)57(49)50)31-39(33-61)54-51(52)42-17-4-7-20-45(42)60(54)43-18-5-2-15-40(43)41-16-3-6-19-44(41)60/h2-7,12-20,29-32H,8-11,21-28,34H2. The molecule has 0 N–H and O–H groups in total. The van der Waals surface area contributed by atoms with E-state index in [0.717, 1.165) is 48.0 Å². The molecule has 2 saturated carbocycles. The molecule has 0 aliphatic heterocycles. The molecule has 0 unspecified atom stereocenters. The zero-order valence-corrected chi connectivity index (χ0v) is 35.5. The minimum Gasteiger partial charge on any atom is -0.309 e. The van der Waals surface area contributed by atoms with Gasteiger partial charge in [0.2, 0.25) is 0 Å². The van der Waals surface area contributed by atoms with Crippen molar-refractivity contribution in [3.05, 3.63) is 188 Å². The molecular weight excluding hydrogens is 763 g/mol. The first-order valence-corrected chi connectivity index (χ1v) is 23.7. The van der Waals surface area contributed by atoms with Gasteiger partial charge in [-0.3, -0.25) is 0 Å². The smallest absolute Gasteiger partial charge is 0.193 e. The van der Waals surface area contributed by atoms with Crippen LogP contribution in [0.15, 0.2) is 115 Å². The molecular formula is C60H45N3. The van der Waals surface area contributed by atoms with Gasteiger partial charge in [-0.1, -0.05) is 129 Å². The Morgan fingerprint density at radius 1 is 0.540 bits per heavy atom. The van der Waals surface area contributed by atoms with Crippen LogP contribution in [0.3, 0.4) is 0 Å². The fraction of sp³-hybridized carbons (Fsp3) is 0.267. The Bertz CT molecular complexity index is 3600. The molecule has 15 rings (SSSR count). The van der Waals surface area contributed by atoms with Crippen molar-refractivity contribution in [2.45, 2.75) is 99.7 Å². The second-order valence-electron chi connectivity index (χ2n) is 20.3. The summed E-state index contributed by atoms with van der Waals surface area (Å²) < 4.78 is 2.59. The molecule has 0 saturated heterocycles. The third-order valence-corrected chi connectivity index (χ3v) is 17.6. The van der Waals surface area contributed by atoms with E-state index >= 15 is 0 Å². The predicted octanol–water partition coefficient (Wildman–Crippen LogP) is 14.5. The number of hydrogen-bond acceptors (Lipinski definition) is 1. The molecule has 3 heteroatoms. The number of benzene rings is 7. The molecule has 4 bridgehead atoms. The zero-order chi connectivity index (χ0) is 41.4. The van der Waals surface area contributed by atoms with Crippen LogP contribution in [0.5, 0.6) is 0 Å². The summed E-state index contributed by atoms with van der Waals surface area (Å²) in [5, 5.41) is 17.2. The van der Waals surface area contributed by atoms with E-state index in [1.807, 2.05) is 0 Å². The molecule has 3 spiro atoms.